The van der Waals surface area contributed by atoms with Crippen molar-refractivity contribution in [3.05, 3.63) is 35.1 Å². The molecule has 0 N–H and O–H groups in total. The zero-order valence-corrected chi connectivity index (χ0v) is 8.37. The third kappa shape index (κ3) is 3.12. The Morgan fingerprint density at radius 2 is 2.23 bits per heavy atom. The van der Waals surface area contributed by atoms with E-state index in [1.54, 1.807) is 6.07 Å². The first kappa shape index (κ1) is 10.1. The Kier molecular flexibility index (Phi) is 3.85. The van der Waals surface area contributed by atoms with Crippen molar-refractivity contribution in [2.45, 2.75) is 13.3 Å². The average Bonchev–Trinajstić information content (AvgIpc) is 2.09. The Bertz CT molecular complexity index is 347. The minimum absolute atomic E-state index is 0.211. The highest BCUT2D eigenvalue weighted by molar-refractivity contribution is 7.80. The summed E-state index contributed by atoms with van der Waals surface area (Å²) in [5.74, 6) is 6.48. The Morgan fingerprint density at radius 3 is 2.85 bits per heavy atom. The van der Waals surface area contributed by atoms with Gasteiger partial charge >= 0.3 is 0 Å². The molecule has 13 heavy (non-hydrogen) atoms. The number of benzene rings is 1. The van der Waals surface area contributed by atoms with Gasteiger partial charge in [-0.2, -0.15) is 12.6 Å². The van der Waals surface area contributed by atoms with E-state index < -0.39 is 0 Å². The van der Waals surface area contributed by atoms with Crippen molar-refractivity contribution < 1.29 is 4.39 Å². The van der Waals surface area contributed by atoms with E-state index in [4.69, 9.17) is 0 Å². The second-order valence-corrected chi connectivity index (χ2v) is 3.18. The minimum atomic E-state index is -0.211. The van der Waals surface area contributed by atoms with Crippen molar-refractivity contribution in [3.8, 4) is 11.8 Å². The second-order valence-electron chi connectivity index (χ2n) is 2.73. The zero-order chi connectivity index (χ0) is 9.68. The standard InChI is InChI=1S/C11H11FS/c1-9-8-11(12)6-5-10(9)4-2-3-7-13/h5-6,8,13H,3,7H2,1H3. The lowest BCUT2D eigenvalue weighted by atomic mass is 10.1. The van der Waals surface area contributed by atoms with Crippen LogP contribution in [0.4, 0.5) is 4.39 Å². The van der Waals surface area contributed by atoms with Gasteiger partial charge in [0, 0.05) is 17.7 Å². The lowest BCUT2D eigenvalue weighted by Gasteiger charge is -1.96. The molecule has 1 aromatic carbocycles. The molecule has 0 spiro atoms. The quantitative estimate of drug-likeness (QED) is 0.516. The molecule has 0 aliphatic rings. The van der Waals surface area contributed by atoms with Gasteiger partial charge in [0.25, 0.3) is 0 Å². The maximum atomic E-state index is 12.7. The Hall–Kier alpha value is -0.940. The Balaban J connectivity index is 2.85. The maximum absolute atomic E-state index is 12.7. The highest BCUT2D eigenvalue weighted by atomic mass is 32.1. The fourth-order valence-electron chi connectivity index (χ4n) is 0.981. The van der Waals surface area contributed by atoms with E-state index in [9.17, 15) is 4.39 Å². The van der Waals surface area contributed by atoms with Crippen molar-refractivity contribution in [2.24, 2.45) is 0 Å². The van der Waals surface area contributed by atoms with E-state index >= 15 is 0 Å². The summed E-state index contributed by atoms with van der Waals surface area (Å²) in [6.07, 6.45) is 0.764. The van der Waals surface area contributed by atoms with Crippen molar-refractivity contribution in [1.82, 2.24) is 0 Å². The molecule has 0 saturated heterocycles. The van der Waals surface area contributed by atoms with Crippen molar-refractivity contribution in [2.75, 3.05) is 5.75 Å². The average molecular weight is 194 g/mol. The van der Waals surface area contributed by atoms with Crippen molar-refractivity contribution in [3.63, 3.8) is 0 Å². The fourth-order valence-corrected chi connectivity index (χ4v) is 1.09. The molecule has 0 nitrogen and oxygen atoms in total. The Morgan fingerprint density at radius 1 is 1.46 bits per heavy atom. The molecule has 0 unspecified atom stereocenters. The van der Waals surface area contributed by atoms with Crippen LogP contribution in [-0.2, 0) is 0 Å². The molecule has 0 aliphatic carbocycles. The first-order valence-corrected chi connectivity index (χ1v) is 4.73. The van der Waals surface area contributed by atoms with Gasteiger partial charge in [0.2, 0.25) is 0 Å². The van der Waals surface area contributed by atoms with Crippen LogP contribution in [0.5, 0.6) is 0 Å². The molecule has 0 fully saturated rings. The van der Waals surface area contributed by atoms with Crippen molar-refractivity contribution in [1.29, 1.82) is 0 Å². The number of hydrogen-bond acceptors (Lipinski definition) is 1. The SMILES string of the molecule is Cc1cc(F)ccc1C#CCCS. The third-order valence-corrected chi connectivity index (χ3v) is 1.87. The summed E-state index contributed by atoms with van der Waals surface area (Å²) in [5, 5.41) is 0. The van der Waals surface area contributed by atoms with Crippen LogP contribution in [0, 0.1) is 24.6 Å². The summed E-state index contributed by atoms with van der Waals surface area (Å²) in [5.41, 5.74) is 1.77. The summed E-state index contributed by atoms with van der Waals surface area (Å²) < 4.78 is 12.7. The van der Waals surface area contributed by atoms with Crippen LogP contribution >= 0.6 is 12.6 Å². The van der Waals surface area contributed by atoms with E-state index in [0.29, 0.717) is 0 Å². The van der Waals surface area contributed by atoms with Gasteiger partial charge in [0.15, 0.2) is 0 Å². The number of thiol groups is 1. The Labute approximate surface area is 83.6 Å². The van der Waals surface area contributed by atoms with E-state index in [0.717, 1.165) is 23.3 Å². The molecule has 0 bridgehead atoms. The summed E-state index contributed by atoms with van der Waals surface area (Å²) in [6, 6.07) is 4.62. The van der Waals surface area contributed by atoms with Crippen LogP contribution in [0.25, 0.3) is 0 Å². The highest BCUT2D eigenvalue weighted by Crippen LogP contribution is 2.08. The van der Waals surface area contributed by atoms with Gasteiger partial charge in [-0.1, -0.05) is 11.8 Å². The number of rotatable bonds is 1. The normalized spacial score (nSPS) is 9.15. The number of hydrogen-bond donors (Lipinski definition) is 1. The predicted octanol–water partition coefficient (Wildman–Crippen LogP) is 2.81. The molecule has 1 aromatic rings. The molecule has 2 heteroatoms. The molecule has 1 rings (SSSR count). The first-order chi connectivity index (χ1) is 6.24. The van der Waals surface area contributed by atoms with Crippen LogP contribution in [0.2, 0.25) is 0 Å². The molecule has 0 heterocycles. The summed E-state index contributed by atoms with van der Waals surface area (Å²) in [7, 11) is 0. The van der Waals surface area contributed by atoms with Gasteiger partial charge in [0.05, 0.1) is 0 Å². The molecule has 0 saturated carbocycles. The monoisotopic (exact) mass is 194 g/mol. The van der Waals surface area contributed by atoms with Gasteiger partial charge in [-0.25, -0.2) is 4.39 Å². The molecule has 0 amide bonds. The molecular weight excluding hydrogens is 183 g/mol. The zero-order valence-electron chi connectivity index (χ0n) is 7.47. The third-order valence-electron chi connectivity index (χ3n) is 1.65. The number of aryl methyl sites for hydroxylation is 1. The predicted molar refractivity (Wildman–Crippen MR) is 56.5 cm³/mol. The van der Waals surface area contributed by atoms with Gasteiger partial charge in [-0.05, 0) is 30.7 Å². The van der Waals surface area contributed by atoms with Crippen molar-refractivity contribution >= 4 is 12.6 Å². The van der Waals surface area contributed by atoms with Crippen LogP contribution in [-0.4, -0.2) is 5.75 Å². The van der Waals surface area contributed by atoms with E-state index in [1.807, 2.05) is 6.92 Å². The van der Waals surface area contributed by atoms with E-state index in [-0.39, 0.29) is 5.82 Å². The molecule has 0 aliphatic heterocycles. The topological polar surface area (TPSA) is 0 Å². The lowest BCUT2D eigenvalue weighted by molar-refractivity contribution is 0.626. The maximum Gasteiger partial charge on any atom is 0.123 e. The van der Waals surface area contributed by atoms with Crippen LogP contribution in [0.1, 0.15) is 17.5 Å². The second kappa shape index (κ2) is 4.94. The van der Waals surface area contributed by atoms with Gasteiger partial charge < -0.3 is 0 Å². The minimum Gasteiger partial charge on any atom is -0.207 e. The number of halogens is 1. The summed E-state index contributed by atoms with van der Waals surface area (Å²) >= 11 is 4.05. The molecular formula is C11H11FS. The van der Waals surface area contributed by atoms with Crippen LogP contribution < -0.4 is 0 Å². The van der Waals surface area contributed by atoms with Crippen LogP contribution in [0.15, 0.2) is 18.2 Å². The molecule has 68 valence electrons. The largest absolute Gasteiger partial charge is 0.207 e. The summed E-state index contributed by atoms with van der Waals surface area (Å²) in [4.78, 5) is 0. The molecule has 0 atom stereocenters. The van der Waals surface area contributed by atoms with Gasteiger partial charge in [-0.15, -0.1) is 0 Å². The van der Waals surface area contributed by atoms with E-state index in [2.05, 4.69) is 24.5 Å². The van der Waals surface area contributed by atoms with Gasteiger partial charge in [-0.3, -0.25) is 0 Å². The fraction of sp³-hybridized carbons (Fsp3) is 0.273. The molecule has 0 aromatic heterocycles. The van der Waals surface area contributed by atoms with Gasteiger partial charge in [0.1, 0.15) is 5.82 Å². The lowest BCUT2D eigenvalue weighted by Crippen LogP contribution is -1.83. The summed E-state index contributed by atoms with van der Waals surface area (Å²) in [6.45, 7) is 1.85. The first-order valence-electron chi connectivity index (χ1n) is 4.10. The molecule has 0 radical (unpaired) electrons. The van der Waals surface area contributed by atoms with E-state index in [1.165, 1.54) is 12.1 Å². The van der Waals surface area contributed by atoms with Crippen LogP contribution in [0.3, 0.4) is 0 Å². The smallest absolute Gasteiger partial charge is 0.123 e. The highest BCUT2D eigenvalue weighted by Gasteiger charge is 1.95.